The van der Waals surface area contributed by atoms with Crippen molar-refractivity contribution in [1.82, 2.24) is 9.55 Å². The first-order valence-corrected chi connectivity index (χ1v) is 11.9. The molecule has 36 heavy (non-hydrogen) atoms. The maximum atomic E-state index is 15.4. The van der Waals surface area contributed by atoms with Gasteiger partial charge in [-0.3, -0.25) is 9.78 Å². The summed E-state index contributed by atoms with van der Waals surface area (Å²) in [4.78, 5) is 33.1. The number of aromatic nitrogens is 2. The molecule has 0 atom stereocenters. The Morgan fingerprint density at radius 1 is 1.14 bits per heavy atom. The molecule has 1 aliphatic heterocycles. The number of hydrogen-bond acceptors (Lipinski definition) is 5. The first-order valence-electron chi connectivity index (χ1n) is 11.5. The molecule has 0 unspecified atom stereocenters. The molecule has 10 heteroatoms. The molecule has 5 rings (SSSR count). The van der Waals surface area contributed by atoms with Crippen molar-refractivity contribution in [2.45, 2.75) is 20.4 Å². The lowest BCUT2D eigenvalue weighted by Gasteiger charge is -2.38. The predicted molar refractivity (Wildman–Crippen MR) is 137 cm³/mol. The molecule has 0 bridgehead atoms. The summed E-state index contributed by atoms with van der Waals surface area (Å²) in [7, 11) is 0. The first-order chi connectivity index (χ1) is 17.2. The second-order valence-corrected chi connectivity index (χ2v) is 9.19. The number of carboxylic acids is 1. The molecule has 1 N–H and O–H groups in total. The number of nitrogens with zero attached hydrogens (tertiary/aromatic N) is 4. The second-order valence-electron chi connectivity index (χ2n) is 8.81. The Bertz CT molecular complexity index is 1600. The number of pyridine rings is 2. The Morgan fingerprint density at radius 2 is 1.83 bits per heavy atom. The van der Waals surface area contributed by atoms with Gasteiger partial charge in [-0.2, -0.15) is 0 Å². The van der Waals surface area contributed by atoms with Gasteiger partial charge >= 0.3 is 5.97 Å². The second kappa shape index (κ2) is 9.05. The quantitative estimate of drug-likeness (QED) is 0.394. The Balaban J connectivity index is 1.60. The topological polar surface area (TPSA) is 78.7 Å². The van der Waals surface area contributed by atoms with Crippen LogP contribution in [0.25, 0.3) is 21.8 Å². The number of halogens is 3. The molecule has 2 aromatic carbocycles. The molecular weight excluding hydrogens is 490 g/mol. The highest BCUT2D eigenvalue weighted by Gasteiger charge is 2.25. The van der Waals surface area contributed by atoms with Crippen molar-refractivity contribution >= 4 is 50.8 Å². The Morgan fingerprint density at radius 3 is 2.47 bits per heavy atom. The molecule has 0 saturated carbocycles. The summed E-state index contributed by atoms with van der Waals surface area (Å²) >= 11 is 6.43. The van der Waals surface area contributed by atoms with Gasteiger partial charge in [-0.1, -0.05) is 17.7 Å². The van der Waals surface area contributed by atoms with E-state index in [9.17, 15) is 19.1 Å². The summed E-state index contributed by atoms with van der Waals surface area (Å²) in [5, 5.41) is 9.75. The van der Waals surface area contributed by atoms with Crippen LogP contribution in [-0.4, -0.2) is 46.8 Å². The fraction of sp³-hybridized carbons (Fsp3) is 0.269. The van der Waals surface area contributed by atoms with Crippen LogP contribution in [0.3, 0.4) is 0 Å². The standard InChI is InChI=1S/C26H23ClF2N4O3/c1-3-31-13-17(26(35)36)25(34)21-16-11-19(22(27)23(29)24(16)30-12-20(21)31)33-8-6-32(7-9-33)15-5-4-14(2)18(28)10-15/h4-5,10-13H,3,6-9H2,1-2H3,(H,35,36). The minimum atomic E-state index is -1.35. The van der Waals surface area contributed by atoms with Crippen LogP contribution in [0.15, 0.2) is 41.5 Å². The Labute approximate surface area is 210 Å². The summed E-state index contributed by atoms with van der Waals surface area (Å²) in [6, 6.07) is 6.72. The minimum absolute atomic E-state index is 0.0901. The molecule has 0 aliphatic carbocycles. The number of rotatable bonds is 4. The van der Waals surface area contributed by atoms with Gasteiger partial charge in [0.05, 0.1) is 22.8 Å². The Hall–Kier alpha value is -3.72. The van der Waals surface area contributed by atoms with Gasteiger partial charge in [-0.05, 0) is 37.6 Å². The molecule has 7 nitrogen and oxygen atoms in total. The molecule has 0 spiro atoms. The number of aromatic carboxylic acids is 1. The molecule has 1 saturated heterocycles. The molecule has 4 aromatic rings. The molecule has 186 valence electrons. The zero-order valence-corrected chi connectivity index (χ0v) is 20.4. The van der Waals surface area contributed by atoms with Crippen molar-refractivity contribution in [2.75, 3.05) is 36.0 Å². The van der Waals surface area contributed by atoms with Gasteiger partial charge in [0.2, 0.25) is 5.43 Å². The number of hydrogen-bond donors (Lipinski definition) is 1. The Kier molecular flexibility index (Phi) is 6.04. The van der Waals surface area contributed by atoms with E-state index in [-0.39, 0.29) is 27.1 Å². The van der Waals surface area contributed by atoms with E-state index in [1.54, 1.807) is 23.6 Å². The number of carboxylic acid groups (broad SMARTS) is 1. The van der Waals surface area contributed by atoms with Crippen LogP contribution in [0, 0.1) is 18.6 Å². The van der Waals surface area contributed by atoms with E-state index in [1.165, 1.54) is 18.5 Å². The highest BCUT2D eigenvalue weighted by molar-refractivity contribution is 6.34. The van der Waals surface area contributed by atoms with Crippen molar-refractivity contribution < 1.29 is 18.7 Å². The average molecular weight is 513 g/mol. The van der Waals surface area contributed by atoms with Gasteiger partial charge in [-0.15, -0.1) is 0 Å². The number of carbonyl (C=O) groups is 1. The molecule has 1 aliphatic rings. The minimum Gasteiger partial charge on any atom is -0.477 e. The van der Waals surface area contributed by atoms with Crippen LogP contribution < -0.4 is 15.2 Å². The van der Waals surface area contributed by atoms with Crippen LogP contribution >= 0.6 is 11.6 Å². The number of fused-ring (bicyclic) bond motifs is 3. The molecule has 0 amide bonds. The van der Waals surface area contributed by atoms with Gasteiger partial charge in [0.15, 0.2) is 5.82 Å². The third kappa shape index (κ3) is 3.83. The van der Waals surface area contributed by atoms with Gasteiger partial charge < -0.3 is 19.5 Å². The maximum Gasteiger partial charge on any atom is 0.341 e. The summed E-state index contributed by atoms with van der Waals surface area (Å²) in [5.74, 6) is -2.39. The van der Waals surface area contributed by atoms with Crippen molar-refractivity contribution in [3.8, 4) is 0 Å². The monoisotopic (exact) mass is 512 g/mol. The number of benzene rings is 2. The van der Waals surface area contributed by atoms with Crippen LogP contribution in [0.4, 0.5) is 20.2 Å². The molecule has 1 fully saturated rings. The smallest absolute Gasteiger partial charge is 0.341 e. The first kappa shape index (κ1) is 24.0. The molecule has 2 aromatic heterocycles. The van der Waals surface area contributed by atoms with Crippen LogP contribution in [0.2, 0.25) is 5.02 Å². The van der Waals surface area contributed by atoms with Crippen molar-refractivity contribution in [2.24, 2.45) is 0 Å². The van der Waals surface area contributed by atoms with Crippen molar-refractivity contribution in [3.05, 3.63) is 74.7 Å². The zero-order chi connectivity index (χ0) is 25.7. The van der Waals surface area contributed by atoms with E-state index in [0.717, 1.165) is 5.69 Å². The number of aryl methyl sites for hydroxylation is 2. The van der Waals surface area contributed by atoms with Crippen molar-refractivity contribution in [1.29, 1.82) is 0 Å². The maximum absolute atomic E-state index is 15.4. The van der Waals surface area contributed by atoms with E-state index in [0.29, 0.717) is 49.5 Å². The lowest BCUT2D eigenvalue weighted by atomic mass is 10.0. The normalized spacial score (nSPS) is 14.1. The van der Waals surface area contributed by atoms with Gasteiger partial charge in [0, 0.05) is 50.0 Å². The fourth-order valence-electron chi connectivity index (χ4n) is 4.75. The summed E-state index contributed by atoms with van der Waals surface area (Å²) in [6.45, 7) is 5.99. The highest BCUT2D eigenvalue weighted by atomic mass is 35.5. The van der Waals surface area contributed by atoms with Crippen LogP contribution in [0.1, 0.15) is 22.8 Å². The molecule has 0 radical (unpaired) electrons. The van der Waals surface area contributed by atoms with Gasteiger partial charge in [-0.25, -0.2) is 13.6 Å². The van der Waals surface area contributed by atoms with E-state index in [1.807, 2.05) is 22.8 Å². The zero-order valence-electron chi connectivity index (χ0n) is 19.7. The predicted octanol–water partition coefficient (Wildman–Crippen LogP) is 4.83. The lowest BCUT2D eigenvalue weighted by molar-refractivity contribution is 0.0695. The molecular formula is C26H23ClF2N4O3. The van der Waals surface area contributed by atoms with Crippen molar-refractivity contribution in [3.63, 3.8) is 0 Å². The van der Waals surface area contributed by atoms with Crippen LogP contribution in [0.5, 0.6) is 0 Å². The molecule has 3 heterocycles. The lowest BCUT2D eigenvalue weighted by Crippen LogP contribution is -2.46. The number of piperazine rings is 1. The summed E-state index contributed by atoms with van der Waals surface area (Å²) in [5.41, 5.74) is 0.969. The van der Waals surface area contributed by atoms with E-state index in [2.05, 4.69) is 4.98 Å². The van der Waals surface area contributed by atoms with E-state index in [4.69, 9.17) is 11.6 Å². The average Bonchev–Trinajstić information content (AvgIpc) is 2.87. The van der Waals surface area contributed by atoms with Gasteiger partial charge in [0.25, 0.3) is 0 Å². The third-order valence-electron chi connectivity index (χ3n) is 6.78. The third-order valence-corrected chi connectivity index (χ3v) is 7.14. The highest BCUT2D eigenvalue weighted by Crippen LogP contribution is 2.37. The van der Waals surface area contributed by atoms with Gasteiger partial charge in [0.1, 0.15) is 21.9 Å². The fourth-order valence-corrected chi connectivity index (χ4v) is 5.01. The largest absolute Gasteiger partial charge is 0.477 e. The van der Waals surface area contributed by atoms with E-state index >= 15 is 4.39 Å². The number of anilines is 2. The van der Waals surface area contributed by atoms with E-state index < -0.39 is 22.8 Å². The van der Waals surface area contributed by atoms with Crippen LogP contribution in [-0.2, 0) is 6.54 Å². The summed E-state index contributed by atoms with van der Waals surface area (Å²) < 4.78 is 31.1. The summed E-state index contributed by atoms with van der Waals surface area (Å²) in [6.07, 6.45) is 2.65. The SMILES string of the molecule is CCn1cc(C(=O)O)c(=O)c2c3cc(N4CCN(c5ccc(C)c(F)c5)CC4)c(Cl)c(F)c3ncc21.